The number of carbonyl (C=O) groups is 1. The fourth-order valence-electron chi connectivity index (χ4n) is 2.58. The molecule has 1 aliphatic carbocycles. The van der Waals surface area contributed by atoms with E-state index in [1.165, 1.54) is 5.38 Å². The summed E-state index contributed by atoms with van der Waals surface area (Å²) in [5.41, 5.74) is -1.34. The number of alkyl halides is 3. The van der Waals surface area contributed by atoms with Gasteiger partial charge in [-0.1, -0.05) is 0 Å². The second-order valence-corrected chi connectivity index (χ2v) is 7.88. The minimum atomic E-state index is -4.31. The summed E-state index contributed by atoms with van der Waals surface area (Å²) >= 11 is 1.11. The van der Waals surface area contributed by atoms with E-state index >= 15 is 0 Å². The van der Waals surface area contributed by atoms with Crippen LogP contribution in [0.5, 0.6) is 0 Å². The van der Waals surface area contributed by atoms with Gasteiger partial charge in [0.2, 0.25) is 0 Å². The highest BCUT2D eigenvalue weighted by atomic mass is 32.1. The van der Waals surface area contributed by atoms with Crippen molar-refractivity contribution < 1.29 is 22.7 Å². The van der Waals surface area contributed by atoms with E-state index in [0.29, 0.717) is 29.7 Å². The first-order valence-corrected chi connectivity index (χ1v) is 7.95. The van der Waals surface area contributed by atoms with Crippen molar-refractivity contribution in [2.45, 2.75) is 64.3 Å². The maximum absolute atomic E-state index is 12.9. The molecule has 3 nitrogen and oxygen atoms in total. The summed E-state index contributed by atoms with van der Waals surface area (Å²) in [6.45, 7) is 7.14. The number of rotatable bonds is 1. The largest absolute Gasteiger partial charge is 0.444 e. The smallest absolute Gasteiger partial charge is 0.417 e. The van der Waals surface area contributed by atoms with Crippen LogP contribution in [-0.2, 0) is 23.8 Å². The highest BCUT2D eigenvalue weighted by Gasteiger charge is 2.40. The van der Waals surface area contributed by atoms with Gasteiger partial charge in [0.15, 0.2) is 0 Å². The van der Waals surface area contributed by atoms with Crippen molar-refractivity contribution in [1.29, 1.82) is 0 Å². The molecule has 2 rings (SSSR count). The summed E-state index contributed by atoms with van der Waals surface area (Å²) in [6.07, 6.45) is -3.69. The molecule has 0 saturated carbocycles. The molecule has 1 amide bonds. The minimum absolute atomic E-state index is 0.306. The molecule has 0 spiro atoms. The number of thiophene rings is 1. The molecule has 0 aliphatic heterocycles. The Kier molecular flexibility index (Phi) is 4.23. The average Bonchev–Trinajstić information content (AvgIpc) is 2.67. The summed E-state index contributed by atoms with van der Waals surface area (Å²) in [4.78, 5) is 12.6. The number of alkyl carbamates (subject to hydrolysis) is 1. The van der Waals surface area contributed by atoms with Crippen molar-refractivity contribution in [1.82, 2.24) is 5.32 Å². The van der Waals surface area contributed by atoms with Crippen molar-refractivity contribution in [2.24, 2.45) is 0 Å². The summed E-state index contributed by atoms with van der Waals surface area (Å²) in [6, 6.07) is 0. The number of hydrogen-bond acceptors (Lipinski definition) is 3. The standard InChI is InChI=1S/C15H20F3NO2S/c1-13(2,3)21-12(20)19-14(4)6-5-9-10(15(16,17)18)8-22-11(9)7-14/h8H,5-7H2,1-4H3,(H,19,20). The molecule has 1 aliphatic rings. The van der Waals surface area contributed by atoms with E-state index in [-0.39, 0.29) is 0 Å². The Bertz CT molecular complexity index is 574. The van der Waals surface area contributed by atoms with Crippen LogP contribution < -0.4 is 5.32 Å². The van der Waals surface area contributed by atoms with Crippen LogP contribution in [-0.4, -0.2) is 17.2 Å². The Hall–Kier alpha value is -1.24. The van der Waals surface area contributed by atoms with E-state index in [2.05, 4.69) is 5.32 Å². The predicted molar refractivity (Wildman–Crippen MR) is 79.1 cm³/mol. The second kappa shape index (κ2) is 5.44. The SMILES string of the molecule is CC1(NC(=O)OC(C)(C)C)CCc2c(C(F)(F)F)csc2C1. The molecule has 1 atom stereocenters. The monoisotopic (exact) mass is 335 g/mol. The van der Waals surface area contributed by atoms with Crippen LogP contribution in [0.2, 0.25) is 0 Å². The van der Waals surface area contributed by atoms with Crippen LogP contribution in [0.3, 0.4) is 0 Å². The molecule has 0 radical (unpaired) electrons. The molecular weight excluding hydrogens is 315 g/mol. The van der Waals surface area contributed by atoms with Crippen molar-refractivity contribution in [2.75, 3.05) is 0 Å². The van der Waals surface area contributed by atoms with Crippen LogP contribution in [0.25, 0.3) is 0 Å². The molecular formula is C15H20F3NO2S. The van der Waals surface area contributed by atoms with Crippen LogP contribution in [0.15, 0.2) is 5.38 Å². The van der Waals surface area contributed by atoms with Gasteiger partial charge in [-0.25, -0.2) is 4.79 Å². The van der Waals surface area contributed by atoms with Gasteiger partial charge in [0.25, 0.3) is 0 Å². The van der Waals surface area contributed by atoms with Crippen LogP contribution in [0.1, 0.15) is 50.1 Å². The van der Waals surface area contributed by atoms with Crippen molar-refractivity contribution in [3.8, 4) is 0 Å². The van der Waals surface area contributed by atoms with Gasteiger partial charge in [-0.05, 0) is 46.1 Å². The molecule has 0 bridgehead atoms. The molecule has 1 N–H and O–H groups in total. The van der Waals surface area contributed by atoms with Gasteiger partial charge in [0.1, 0.15) is 5.60 Å². The Morgan fingerprint density at radius 3 is 2.55 bits per heavy atom. The third-order valence-electron chi connectivity index (χ3n) is 3.57. The van der Waals surface area contributed by atoms with Crippen molar-refractivity contribution in [3.05, 3.63) is 21.4 Å². The number of hydrogen-bond donors (Lipinski definition) is 1. The Labute approximate surface area is 131 Å². The molecule has 0 fully saturated rings. The molecule has 7 heteroatoms. The van der Waals surface area contributed by atoms with Gasteiger partial charge >= 0.3 is 12.3 Å². The number of amides is 1. The van der Waals surface area contributed by atoms with E-state index in [1.807, 2.05) is 6.92 Å². The van der Waals surface area contributed by atoms with Gasteiger partial charge in [-0.3, -0.25) is 0 Å². The van der Waals surface area contributed by atoms with Gasteiger partial charge in [0, 0.05) is 22.2 Å². The maximum atomic E-state index is 12.9. The first-order chi connectivity index (χ1) is 9.90. The molecule has 0 saturated heterocycles. The van der Waals surface area contributed by atoms with Crippen LogP contribution >= 0.6 is 11.3 Å². The minimum Gasteiger partial charge on any atom is -0.444 e. The van der Waals surface area contributed by atoms with Gasteiger partial charge in [-0.2, -0.15) is 13.2 Å². The van der Waals surface area contributed by atoms with Crippen molar-refractivity contribution >= 4 is 17.4 Å². The first-order valence-electron chi connectivity index (χ1n) is 7.07. The highest BCUT2D eigenvalue weighted by Crippen LogP contribution is 2.42. The van der Waals surface area contributed by atoms with E-state index in [9.17, 15) is 18.0 Å². The van der Waals surface area contributed by atoms with Crippen LogP contribution in [0, 0.1) is 0 Å². The van der Waals surface area contributed by atoms with E-state index < -0.39 is 29.0 Å². The number of fused-ring (bicyclic) bond motifs is 1. The quantitative estimate of drug-likeness (QED) is 0.818. The van der Waals surface area contributed by atoms with Gasteiger partial charge in [-0.15, -0.1) is 11.3 Å². The zero-order valence-corrected chi connectivity index (χ0v) is 13.9. The zero-order chi connectivity index (χ0) is 16.8. The third kappa shape index (κ3) is 3.94. The number of nitrogens with one attached hydrogen (secondary N) is 1. The average molecular weight is 335 g/mol. The predicted octanol–water partition coefficient (Wildman–Crippen LogP) is 4.54. The Morgan fingerprint density at radius 1 is 1.36 bits per heavy atom. The molecule has 0 aromatic carbocycles. The third-order valence-corrected chi connectivity index (χ3v) is 4.60. The molecule has 1 unspecified atom stereocenters. The number of carbonyl (C=O) groups excluding carboxylic acids is 1. The zero-order valence-electron chi connectivity index (χ0n) is 13.1. The lowest BCUT2D eigenvalue weighted by molar-refractivity contribution is -0.138. The lowest BCUT2D eigenvalue weighted by atomic mass is 9.82. The Morgan fingerprint density at radius 2 is 2.00 bits per heavy atom. The molecule has 1 aromatic rings. The number of halogens is 3. The maximum Gasteiger partial charge on any atom is 0.417 e. The fourth-order valence-corrected chi connectivity index (χ4v) is 3.88. The molecule has 22 heavy (non-hydrogen) atoms. The second-order valence-electron chi connectivity index (χ2n) is 6.91. The summed E-state index contributed by atoms with van der Waals surface area (Å²) in [5.74, 6) is 0. The lowest BCUT2D eigenvalue weighted by Gasteiger charge is -2.35. The van der Waals surface area contributed by atoms with E-state index in [4.69, 9.17) is 4.74 Å². The van der Waals surface area contributed by atoms with E-state index in [0.717, 1.165) is 11.3 Å². The topological polar surface area (TPSA) is 38.3 Å². The van der Waals surface area contributed by atoms with Crippen LogP contribution in [0.4, 0.5) is 18.0 Å². The Balaban J connectivity index is 2.11. The normalized spacial score (nSPS) is 22.1. The van der Waals surface area contributed by atoms with E-state index in [1.54, 1.807) is 20.8 Å². The van der Waals surface area contributed by atoms with Gasteiger partial charge < -0.3 is 10.1 Å². The van der Waals surface area contributed by atoms with Gasteiger partial charge in [0.05, 0.1) is 5.56 Å². The first kappa shape index (κ1) is 17.1. The molecule has 1 aromatic heterocycles. The summed E-state index contributed by atoms with van der Waals surface area (Å²) < 4.78 is 44.0. The number of ether oxygens (including phenoxy) is 1. The molecule has 124 valence electrons. The lowest BCUT2D eigenvalue weighted by Crippen LogP contribution is -2.51. The summed E-state index contributed by atoms with van der Waals surface area (Å²) in [7, 11) is 0. The fraction of sp³-hybridized carbons (Fsp3) is 0.667. The van der Waals surface area contributed by atoms with Crippen molar-refractivity contribution in [3.63, 3.8) is 0 Å². The summed E-state index contributed by atoms with van der Waals surface area (Å²) in [5, 5.41) is 3.98. The molecule has 1 heterocycles. The highest BCUT2D eigenvalue weighted by molar-refractivity contribution is 7.10.